The quantitative estimate of drug-likeness (QED) is 0.825. The molecule has 21 heavy (non-hydrogen) atoms. The van der Waals surface area contributed by atoms with E-state index in [1.807, 2.05) is 20.8 Å². The van der Waals surface area contributed by atoms with Gasteiger partial charge in [-0.2, -0.15) is 0 Å². The fourth-order valence-corrected chi connectivity index (χ4v) is 3.19. The summed E-state index contributed by atoms with van der Waals surface area (Å²) < 4.78 is 0. The van der Waals surface area contributed by atoms with E-state index in [1.165, 1.54) is 12.8 Å². The molecule has 0 spiro atoms. The summed E-state index contributed by atoms with van der Waals surface area (Å²) in [6, 6.07) is -0.675. The van der Waals surface area contributed by atoms with Crippen LogP contribution in [0.1, 0.15) is 40.0 Å². The van der Waals surface area contributed by atoms with Gasteiger partial charge in [0.2, 0.25) is 0 Å². The maximum Gasteiger partial charge on any atom is 0.326 e. The summed E-state index contributed by atoms with van der Waals surface area (Å²) in [7, 11) is 0. The fourth-order valence-electron chi connectivity index (χ4n) is 3.19. The number of carboxylic acid groups (broad SMARTS) is 1. The third kappa shape index (κ3) is 3.87. The van der Waals surface area contributed by atoms with Crippen LogP contribution in [0.4, 0.5) is 4.79 Å². The lowest BCUT2D eigenvalue weighted by atomic mass is 9.87. The molecule has 0 saturated carbocycles. The molecule has 0 aliphatic carbocycles. The normalized spacial score (nSPS) is 25.1. The van der Waals surface area contributed by atoms with Crippen molar-refractivity contribution >= 4 is 12.0 Å². The van der Waals surface area contributed by atoms with E-state index in [4.69, 9.17) is 0 Å². The van der Waals surface area contributed by atoms with Gasteiger partial charge in [0.05, 0.1) is 0 Å². The van der Waals surface area contributed by atoms with Crippen molar-refractivity contribution < 1.29 is 14.7 Å². The van der Waals surface area contributed by atoms with E-state index in [1.54, 1.807) is 4.90 Å². The SMILES string of the molecule is CC(C)(C)[C@@H](NC(=O)N1CCC(N2CCCC2)C1)C(=O)O. The van der Waals surface area contributed by atoms with Crippen molar-refractivity contribution in [2.24, 2.45) is 5.41 Å². The van der Waals surface area contributed by atoms with E-state index < -0.39 is 17.4 Å². The van der Waals surface area contributed by atoms with Gasteiger partial charge in [-0.1, -0.05) is 20.8 Å². The van der Waals surface area contributed by atoms with Gasteiger partial charge >= 0.3 is 12.0 Å². The molecule has 0 bridgehead atoms. The zero-order valence-corrected chi connectivity index (χ0v) is 13.3. The van der Waals surface area contributed by atoms with Gasteiger partial charge < -0.3 is 15.3 Å². The molecular formula is C15H27N3O3. The lowest BCUT2D eigenvalue weighted by molar-refractivity contribution is -0.142. The number of carbonyl (C=O) groups is 2. The summed E-state index contributed by atoms with van der Waals surface area (Å²) in [5.74, 6) is -0.980. The number of nitrogens with zero attached hydrogens (tertiary/aromatic N) is 2. The number of amides is 2. The molecule has 2 aliphatic heterocycles. The van der Waals surface area contributed by atoms with Crippen LogP contribution in [0.3, 0.4) is 0 Å². The molecule has 2 rings (SSSR count). The molecule has 0 radical (unpaired) electrons. The Morgan fingerprint density at radius 1 is 1.19 bits per heavy atom. The molecule has 2 heterocycles. The highest BCUT2D eigenvalue weighted by atomic mass is 16.4. The Kier molecular flexibility index (Phi) is 4.76. The number of carbonyl (C=O) groups excluding carboxylic acids is 1. The lowest BCUT2D eigenvalue weighted by Crippen LogP contribution is -2.53. The van der Waals surface area contributed by atoms with Gasteiger partial charge in [-0.05, 0) is 37.8 Å². The van der Waals surface area contributed by atoms with Crippen molar-refractivity contribution in [3.05, 3.63) is 0 Å². The molecule has 6 heteroatoms. The number of urea groups is 1. The van der Waals surface area contributed by atoms with E-state index >= 15 is 0 Å². The standard InChI is InChI=1S/C15H27N3O3/c1-15(2,3)12(13(19)20)16-14(21)18-9-6-11(10-18)17-7-4-5-8-17/h11-12H,4-10H2,1-3H3,(H,16,21)(H,19,20)/t11?,12-/m0/s1. The summed E-state index contributed by atoms with van der Waals surface area (Å²) in [5, 5.41) is 12.0. The number of hydrogen-bond donors (Lipinski definition) is 2. The second-order valence-electron chi connectivity index (χ2n) is 7.22. The molecule has 2 saturated heterocycles. The third-order valence-electron chi connectivity index (χ3n) is 4.49. The summed E-state index contributed by atoms with van der Waals surface area (Å²) >= 11 is 0. The lowest BCUT2D eigenvalue weighted by Gasteiger charge is -2.30. The largest absolute Gasteiger partial charge is 0.480 e. The third-order valence-corrected chi connectivity index (χ3v) is 4.49. The van der Waals surface area contributed by atoms with Crippen LogP contribution in [0.15, 0.2) is 0 Å². The van der Waals surface area contributed by atoms with E-state index in [0.29, 0.717) is 19.1 Å². The van der Waals surface area contributed by atoms with Crippen molar-refractivity contribution in [3.63, 3.8) is 0 Å². The molecule has 0 aromatic rings. The summed E-state index contributed by atoms with van der Waals surface area (Å²) in [5.41, 5.74) is -0.504. The fraction of sp³-hybridized carbons (Fsp3) is 0.867. The van der Waals surface area contributed by atoms with E-state index in [0.717, 1.165) is 19.5 Å². The minimum Gasteiger partial charge on any atom is -0.480 e. The van der Waals surface area contributed by atoms with Crippen LogP contribution >= 0.6 is 0 Å². The first-order valence-electron chi connectivity index (χ1n) is 7.81. The Labute approximate surface area is 126 Å². The summed E-state index contributed by atoms with van der Waals surface area (Å²) in [4.78, 5) is 27.8. The van der Waals surface area contributed by atoms with Crippen molar-refractivity contribution in [3.8, 4) is 0 Å². The Bertz CT molecular complexity index is 399. The minimum atomic E-state index is -0.980. The second kappa shape index (κ2) is 6.22. The van der Waals surface area contributed by atoms with Crippen molar-refractivity contribution in [1.82, 2.24) is 15.1 Å². The molecule has 2 fully saturated rings. The Morgan fingerprint density at radius 3 is 2.33 bits per heavy atom. The molecular weight excluding hydrogens is 270 g/mol. The zero-order chi connectivity index (χ0) is 15.6. The van der Waals surface area contributed by atoms with Gasteiger partial charge in [-0.3, -0.25) is 4.90 Å². The van der Waals surface area contributed by atoms with Crippen LogP contribution in [0.5, 0.6) is 0 Å². The topological polar surface area (TPSA) is 72.9 Å². The molecule has 6 nitrogen and oxygen atoms in total. The number of carboxylic acids is 1. The number of aliphatic carboxylic acids is 1. The predicted molar refractivity (Wildman–Crippen MR) is 80.2 cm³/mol. The molecule has 2 aliphatic rings. The summed E-state index contributed by atoms with van der Waals surface area (Å²) in [6.45, 7) is 9.14. The first-order valence-corrected chi connectivity index (χ1v) is 7.81. The predicted octanol–water partition coefficient (Wildman–Crippen LogP) is 1.37. The van der Waals surface area contributed by atoms with Gasteiger partial charge in [0.25, 0.3) is 0 Å². The van der Waals surface area contributed by atoms with Crippen LogP contribution in [0, 0.1) is 5.41 Å². The maximum absolute atomic E-state index is 12.3. The van der Waals surface area contributed by atoms with Crippen molar-refractivity contribution in [1.29, 1.82) is 0 Å². The monoisotopic (exact) mass is 297 g/mol. The van der Waals surface area contributed by atoms with Crippen LogP contribution < -0.4 is 5.32 Å². The molecule has 2 amide bonds. The molecule has 2 atom stereocenters. The average Bonchev–Trinajstić information content (AvgIpc) is 3.03. The summed E-state index contributed by atoms with van der Waals surface area (Å²) in [6.07, 6.45) is 3.47. The van der Waals surface area contributed by atoms with Crippen LogP contribution in [-0.4, -0.2) is 65.2 Å². The Hall–Kier alpha value is -1.30. The van der Waals surface area contributed by atoms with Crippen molar-refractivity contribution in [2.75, 3.05) is 26.2 Å². The molecule has 0 aromatic carbocycles. The van der Waals surface area contributed by atoms with Gasteiger partial charge in [-0.15, -0.1) is 0 Å². The maximum atomic E-state index is 12.3. The smallest absolute Gasteiger partial charge is 0.326 e. The van der Waals surface area contributed by atoms with Gasteiger partial charge in [0.1, 0.15) is 6.04 Å². The molecule has 0 aromatic heterocycles. The van der Waals surface area contributed by atoms with E-state index in [-0.39, 0.29) is 6.03 Å². The highest BCUT2D eigenvalue weighted by Gasteiger charge is 2.36. The van der Waals surface area contributed by atoms with E-state index in [2.05, 4.69) is 10.2 Å². The van der Waals surface area contributed by atoms with Gasteiger partial charge in [0, 0.05) is 19.1 Å². The average molecular weight is 297 g/mol. The number of nitrogens with one attached hydrogen (secondary N) is 1. The van der Waals surface area contributed by atoms with Gasteiger partial charge in [0.15, 0.2) is 0 Å². The molecule has 1 unspecified atom stereocenters. The van der Waals surface area contributed by atoms with Crippen molar-refractivity contribution in [2.45, 2.75) is 52.1 Å². The number of rotatable bonds is 3. The minimum absolute atomic E-state index is 0.251. The van der Waals surface area contributed by atoms with E-state index in [9.17, 15) is 14.7 Å². The van der Waals surface area contributed by atoms with Crippen LogP contribution in [-0.2, 0) is 4.79 Å². The Balaban J connectivity index is 1.90. The van der Waals surface area contributed by atoms with Crippen LogP contribution in [0.25, 0.3) is 0 Å². The highest BCUT2D eigenvalue weighted by Crippen LogP contribution is 2.22. The molecule has 2 N–H and O–H groups in total. The number of hydrogen-bond acceptors (Lipinski definition) is 3. The first kappa shape index (κ1) is 16.1. The zero-order valence-electron chi connectivity index (χ0n) is 13.3. The number of likely N-dealkylation sites (tertiary alicyclic amines) is 2. The highest BCUT2D eigenvalue weighted by molar-refractivity contribution is 5.83. The van der Waals surface area contributed by atoms with Gasteiger partial charge in [-0.25, -0.2) is 9.59 Å². The Morgan fingerprint density at radius 2 is 1.81 bits per heavy atom. The second-order valence-corrected chi connectivity index (χ2v) is 7.22. The van der Waals surface area contributed by atoms with Crippen LogP contribution in [0.2, 0.25) is 0 Å². The first-order chi connectivity index (χ1) is 9.79. The molecule has 120 valence electrons.